The lowest BCUT2D eigenvalue weighted by Crippen LogP contribution is -2.43. The van der Waals surface area contributed by atoms with Crippen LogP contribution in [0.5, 0.6) is 0 Å². The molecule has 4 aromatic carbocycles. The van der Waals surface area contributed by atoms with Crippen LogP contribution in [0.3, 0.4) is 0 Å². The molecule has 3 nitrogen and oxygen atoms in total. The molecule has 0 radical (unpaired) electrons. The second-order valence-electron chi connectivity index (χ2n) is 10.4. The maximum atomic E-state index is 5.10. The molecule has 1 aromatic heterocycles. The van der Waals surface area contributed by atoms with Crippen molar-refractivity contribution in [1.29, 1.82) is 0 Å². The lowest BCUT2D eigenvalue weighted by Gasteiger charge is -2.40. The lowest BCUT2D eigenvalue weighted by atomic mass is 9.76. The molecule has 2 heterocycles. The zero-order valence-electron chi connectivity index (χ0n) is 22.0. The number of hydrogen-bond donors (Lipinski definition) is 0. The van der Waals surface area contributed by atoms with Gasteiger partial charge in [0, 0.05) is 30.4 Å². The normalized spacial score (nSPS) is 16.8. The van der Waals surface area contributed by atoms with Gasteiger partial charge in [-0.25, -0.2) is 4.98 Å². The van der Waals surface area contributed by atoms with Crippen LogP contribution in [-0.4, -0.2) is 22.1 Å². The molecule has 1 fully saturated rings. The van der Waals surface area contributed by atoms with Crippen molar-refractivity contribution in [2.45, 2.75) is 43.7 Å². The summed E-state index contributed by atoms with van der Waals surface area (Å²) >= 11 is 0. The van der Waals surface area contributed by atoms with Crippen molar-refractivity contribution in [2.75, 3.05) is 11.4 Å². The summed E-state index contributed by atoms with van der Waals surface area (Å²) in [6.45, 7) is 3.45. The Bertz CT molecular complexity index is 1330. The lowest BCUT2D eigenvalue weighted by molar-refractivity contribution is 0.410. The van der Waals surface area contributed by atoms with Crippen LogP contribution >= 0.6 is 0 Å². The van der Waals surface area contributed by atoms with Crippen molar-refractivity contribution >= 4 is 5.69 Å². The number of imidazole rings is 1. The molecule has 2 atom stereocenters. The number of benzene rings is 4. The Morgan fingerprint density at radius 1 is 0.684 bits per heavy atom. The van der Waals surface area contributed by atoms with E-state index in [1.165, 1.54) is 41.6 Å². The summed E-state index contributed by atoms with van der Waals surface area (Å²) in [4.78, 5) is 7.70. The first-order valence-electron chi connectivity index (χ1n) is 13.8. The first-order valence-corrected chi connectivity index (χ1v) is 13.8. The van der Waals surface area contributed by atoms with E-state index in [4.69, 9.17) is 4.98 Å². The second kappa shape index (κ2) is 10.7. The third-order valence-electron chi connectivity index (χ3n) is 8.25. The Kier molecular flexibility index (Phi) is 6.83. The molecular weight excluding hydrogens is 462 g/mol. The summed E-state index contributed by atoms with van der Waals surface area (Å²) in [5, 5.41) is 0. The maximum absolute atomic E-state index is 5.10. The van der Waals surface area contributed by atoms with Gasteiger partial charge < -0.3 is 9.47 Å². The maximum Gasteiger partial charge on any atom is 0.121 e. The van der Waals surface area contributed by atoms with Crippen LogP contribution in [0.15, 0.2) is 134 Å². The molecule has 0 amide bonds. The molecule has 1 saturated heterocycles. The minimum atomic E-state index is -0.527. The SMILES string of the molecule is CC(c1cn(C(c2ccccc2)(c2ccccc2)c2ccccc2)cn1)C1CCCCN1c1ccccc1. The van der Waals surface area contributed by atoms with Gasteiger partial charge in [0.1, 0.15) is 5.54 Å². The van der Waals surface area contributed by atoms with Crippen LogP contribution in [0, 0.1) is 0 Å². The molecule has 0 bridgehead atoms. The molecule has 190 valence electrons. The van der Waals surface area contributed by atoms with Crippen molar-refractivity contribution in [1.82, 2.24) is 9.55 Å². The molecule has 0 N–H and O–H groups in total. The van der Waals surface area contributed by atoms with Gasteiger partial charge in [-0.1, -0.05) is 116 Å². The van der Waals surface area contributed by atoms with Crippen molar-refractivity contribution in [2.24, 2.45) is 0 Å². The van der Waals surface area contributed by atoms with Crippen molar-refractivity contribution < 1.29 is 0 Å². The van der Waals surface area contributed by atoms with Crippen molar-refractivity contribution in [3.8, 4) is 0 Å². The van der Waals surface area contributed by atoms with E-state index in [0.717, 1.165) is 12.2 Å². The number of para-hydroxylation sites is 1. The summed E-state index contributed by atoms with van der Waals surface area (Å²) in [7, 11) is 0. The third kappa shape index (κ3) is 4.32. The zero-order chi connectivity index (χ0) is 25.8. The minimum absolute atomic E-state index is 0.303. The number of hydrogen-bond acceptors (Lipinski definition) is 2. The van der Waals surface area contributed by atoms with Gasteiger partial charge in [0.15, 0.2) is 0 Å². The standard InChI is InChI=1S/C35H35N3/c1-28(34-24-14-15-25-38(34)32-22-12-5-13-23-32)33-26-37(27-36-33)35(29-16-6-2-7-17-29,30-18-8-3-9-19-30)31-20-10-4-11-21-31/h2-13,16-23,26-28,34H,14-15,24-25H2,1H3. The predicted octanol–water partition coefficient (Wildman–Crippen LogP) is 7.89. The fraction of sp³-hybridized carbons (Fsp3) is 0.229. The average molecular weight is 498 g/mol. The molecular formula is C35H35N3. The van der Waals surface area contributed by atoms with Gasteiger partial charge in [0.05, 0.1) is 12.0 Å². The Hall–Kier alpha value is -4.11. The number of anilines is 1. The molecule has 38 heavy (non-hydrogen) atoms. The molecule has 1 aliphatic rings. The number of piperidine rings is 1. The van der Waals surface area contributed by atoms with E-state index < -0.39 is 5.54 Å². The van der Waals surface area contributed by atoms with Gasteiger partial charge in [0.2, 0.25) is 0 Å². The van der Waals surface area contributed by atoms with Crippen LogP contribution in [0.2, 0.25) is 0 Å². The van der Waals surface area contributed by atoms with Gasteiger partial charge in [-0.15, -0.1) is 0 Å². The van der Waals surface area contributed by atoms with E-state index in [-0.39, 0.29) is 0 Å². The number of rotatable bonds is 7. The highest BCUT2D eigenvalue weighted by molar-refractivity contribution is 5.51. The Morgan fingerprint density at radius 2 is 1.18 bits per heavy atom. The van der Waals surface area contributed by atoms with Gasteiger partial charge in [-0.2, -0.15) is 0 Å². The van der Waals surface area contributed by atoms with E-state index in [1.807, 2.05) is 0 Å². The number of aromatic nitrogens is 2. The van der Waals surface area contributed by atoms with Crippen LogP contribution in [0.25, 0.3) is 0 Å². The summed E-state index contributed by atoms with van der Waals surface area (Å²) in [6.07, 6.45) is 8.04. The Labute approximate surface area is 226 Å². The molecule has 6 rings (SSSR count). The fourth-order valence-electron chi connectivity index (χ4n) is 6.36. The molecule has 0 saturated carbocycles. The molecule has 0 aliphatic carbocycles. The molecule has 3 heteroatoms. The third-order valence-corrected chi connectivity index (χ3v) is 8.25. The van der Waals surface area contributed by atoms with Gasteiger partial charge in [-0.3, -0.25) is 0 Å². The van der Waals surface area contributed by atoms with Crippen molar-refractivity contribution in [3.05, 3.63) is 156 Å². The van der Waals surface area contributed by atoms with Crippen LogP contribution in [0.4, 0.5) is 5.69 Å². The van der Waals surface area contributed by atoms with Crippen LogP contribution < -0.4 is 4.90 Å². The highest BCUT2D eigenvalue weighted by Crippen LogP contribution is 2.42. The van der Waals surface area contributed by atoms with E-state index in [0.29, 0.717) is 12.0 Å². The van der Waals surface area contributed by atoms with E-state index in [1.54, 1.807) is 0 Å². The van der Waals surface area contributed by atoms with Gasteiger partial charge >= 0.3 is 0 Å². The van der Waals surface area contributed by atoms with E-state index in [2.05, 4.69) is 150 Å². The fourth-order valence-corrected chi connectivity index (χ4v) is 6.36. The largest absolute Gasteiger partial charge is 0.368 e. The Morgan fingerprint density at radius 3 is 1.71 bits per heavy atom. The topological polar surface area (TPSA) is 21.1 Å². The molecule has 1 aliphatic heterocycles. The number of nitrogens with zero attached hydrogens (tertiary/aromatic N) is 3. The second-order valence-corrected chi connectivity index (χ2v) is 10.4. The summed E-state index contributed by atoms with van der Waals surface area (Å²) in [5.41, 5.74) is 5.59. The van der Waals surface area contributed by atoms with Gasteiger partial charge in [0.25, 0.3) is 0 Å². The predicted molar refractivity (Wildman–Crippen MR) is 157 cm³/mol. The molecule has 2 unspecified atom stereocenters. The average Bonchev–Trinajstić information content (AvgIpc) is 3.50. The monoisotopic (exact) mass is 497 g/mol. The summed E-state index contributed by atoms with van der Waals surface area (Å²) in [6, 6.07) is 43.8. The van der Waals surface area contributed by atoms with Gasteiger partial charge in [-0.05, 0) is 48.1 Å². The molecule has 0 spiro atoms. The quantitative estimate of drug-likeness (QED) is 0.213. The zero-order valence-corrected chi connectivity index (χ0v) is 22.0. The Balaban J connectivity index is 1.47. The minimum Gasteiger partial charge on any atom is -0.368 e. The highest BCUT2D eigenvalue weighted by Gasteiger charge is 2.39. The van der Waals surface area contributed by atoms with Crippen molar-refractivity contribution in [3.63, 3.8) is 0 Å². The smallest absolute Gasteiger partial charge is 0.121 e. The first kappa shape index (κ1) is 24.2. The van der Waals surface area contributed by atoms with E-state index in [9.17, 15) is 0 Å². The van der Waals surface area contributed by atoms with Crippen LogP contribution in [-0.2, 0) is 5.54 Å². The first-order chi connectivity index (χ1) is 18.8. The molecule has 5 aromatic rings. The summed E-state index contributed by atoms with van der Waals surface area (Å²) in [5.74, 6) is 0.303. The van der Waals surface area contributed by atoms with Crippen LogP contribution in [0.1, 0.15) is 54.5 Å². The summed E-state index contributed by atoms with van der Waals surface area (Å²) < 4.78 is 2.34. The van der Waals surface area contributed by atoms with E-state index >= 15 is 0 Å². The highest BCUT2D eigenvalue weighted by atomic mass is 15.2.